The average molecular weight is 526 g/mol. The number of carbonyl (C=O) groups is 2. The molecule has 0 aliphatic heterocycles. The van der Waals surface area contributed by atoms with Gasteiger partial charge in [0.1, 0.15) is 12.3 Å². The van der Waals surface area contributed by atoms with Crippen LogP contribution in [0.15, 0.2) is 55.8 Å². The Kier molecular flexibility index (Phi) is 8.66. The SMILES string of the molecule is CCON=O.O=C1/C(=N/O)Cc2c(Br)cccc21.O=C1CCc2c(Br)cccc21. The van der Waals surface area contributed by atoms with Gasteiger partial charge in [-0.1, -0.05) is 61.3 Å². The Morgan fingerprint density at radius 2 is 1.62 bits per heavy atom. The molecule has 0 fully saturated rings. The van der Waals surface area contributed by atoms with Gasteiger partial charge in [0.15, 0.2) is 11.1 Å². The molecule has 0 aromatic heterocycles. The lowest BCUT2D eigenvalue weighted by Crippen LogP contribution is -2.06. The number of rotatable bonds is 2. The number of benzene rings is 2. The maximum Gasteiger partial charge on any atom is 0.211 e. The van der Waals surface area contributed by atoms with Crippen molar-refractivity contribution in [1.82, 2.24) is 0 Å². The first kappa shape index (κ1) is 22.9. The molecule has 4 rings (SSSR count). The predicted octanol–water partition coefficient (Wildman–Crippen LogP) is 5.30. The van der Waals surface area contributed by atoms with Crippen LogP contribution in [0.5, 0.6) is 0 Å². The summed E-state index contributed by atoms with van der Waals surface area (Å²) in [7, 11) is 0. The zero-order valence-electron chi connectivity index (χ0n) is 15.5. The molecule has 0 saturated heterocycles. The summed E-state index contributed by atoms with van der Waals surface area (Å²) in [5.74, 6) is 0.0973. The molecule has 7 nitrogen and oxygen atoms in total. The van der Waals surface area contributed by atoms with E-state index >= 15 is 0 Å². The second-order valence-electron chi connectivity index (χ2n) is 6.00. The third-order valence-electron chi connectivity index (χ3n) is 4.29. The Bertz CT molecular complexity index is 960. The minimum Gasteiger partial charge on any atom is -0.411 e. The fourth-order valence-corrected chi connectivity index (χ4v) is 4.01. The largest absolute Gasteiger partial charge is 0.411 e. The molecule has 2 aliphatic carbocycles. The quantitative estimate of drug-likeness (QED) is 0.325. The van der Waals surface area contributed by atoms with E-state index in [2.05, 4.69) is 47.2 Å². The van der Waals surface area contributed by atoms with Crippen molar-refractivity contribution < 1.29 is 19.6 Å². The van der Waals surface area contributed by atoms with E-state index in [1.54, 1.807) is 19.1 Å². The molecule has 2 aliphatic rings. The van der Waals surface area contributed by atoms with E-state index < -0.39 is 0 Å². The predicted molar refractivity (Wildman–Crippen MR) is 116 cm³/mol. The van der Waals surface area contributed by atoms with Gasteiger partial charge in [0.2, 0.25) is 5.78 Å². The van der Waals surface area contributed by atoms with Crippen molar-refractivity contribution >= 4 is 49.1 Å². The lowest BCUT2D eigenvalue weighted by molar-refractivity contribution is 0.0993. The van der Waals surface area contributed by atoms with Gasteiger partial charge in [-0.2, -0.15) is 0 Å². The van der Waals surface area contributed by atoms with Crippen LogP contribution in [0.4, 0.5) is 0 Å². The third-order valence-corrected chi connectivity index (χ3v) is 5.78. The van der Waals surface area contributed by atoms with E-state index in [0.29, 0.717) is 25.0 Å². The van der Waals surface area contributed by atoms with Crippen LogP contribution >= 0.6 is 31.9 Å². The number of hydrogen-bond donors (Lipinski definition) is 1. The van der Waals surface area contributed by atoms with Gasteiger partial charge in [-0.25, -0.2) is 0 Å². The van der Waals surface area contributed by atoms with E-state index in [1.165, 1.54) is 5.56 Å². The zero-order valence-corrected chi connectivity index (χ0v) is 18.7. The maximum atomic E-state index is 11.5. The van der Waals surface area contributed by atoms with Crippen molar-refractivity contribution in [1.29, 1.82) is 0 Å². The number of halogens is 2. The maximum absolute atomic E-state index is 11.5. The Balaban J connectivity index is 0.000000171. The number of carbonyl (C=O) groups excluding carboxylic acids is 2. The van der Waals surface area contributed by atoms with Crippen molar-refractivity contribution in [2.45, 2.75) is 26.2 Å². The monoisotopic (exact) mass is 524 g/mol. The molecular formula is C20H18Br2N2O5. The van der Waals surface area contributed by atoms with Gasteiger partial charge >= 0.3 is 0 Å². The van der Waals surface area contributed by atoms with Crippen LogP contribution in [-0.2, 0) is 17.7 Å². The van der Waals surface area contributed by atoms with Gasteiger partial charge in [-0.3, -0.25) is 9.59 Å². The summed E-state index contributed by atoms with van der Waals surface area (Å²) in [6, 6.07) is 11.2. The highest BCUT2D eigenvalue weighted by Gasteiger charge is 2.28. The van der Waals surface area contributed by atoms with E-state index in [9.17, 15) is 9.59 Å². The number of Topliss-reactive ketones (excluding diaryl/α,β-unsaturated/α-hetero) is 2. The lowest BCUT2D eigenvalue weighted by atomic mass is 10.1. The second-order valence-corrected chi connectivity index (χ2v) is 7.71. The lowest BCUT2D eigenvalue weighted by Gasteiger charge is -1.97. The molecule has 152 valence electrons. The number of ketones is 2. The Hall–Kier alpha value is -2.39. The van der Waals surface area contributed by atoms with Crippen molar-refractivity contribution in [2.75, 3.05) is 6.61 Å². The van der Waals surface area contributed by atoms with Crippen molar-refractivity contribution in [3.63, 3.8) is 0 Å². The summed E-state index contributed by atoms with van der Waals surface area (Å²) < 4.78 is 1.96. The summed E-state index contributed by atoms with van der Waals surface area (Å²) in [4.78, 5) is 35.5. The van der Waals surface area contributed by atoms with E-state index in [-0.39, 0.29) is 17.3 Å². The first-order valence-electron chi connectivity index (χ1n) is 8.72. The minimum atomic E-state index is -0.182. The average Bonchev–Trinajstić information content (AvgIpc) is 3.26. The molecule has 2 aromatic carbocycles. The molecule has 2 aromatic rings. The van der Waals surface area contributed by atoms with Crippen LogP contribution < -0.4 is 0 Å². The number of oxime groups is 1. The summed E-state index contributed by atoms with van der Waals surface area (Å²) >= 11 is 6.77. The normalized spacial score (nSPS) is 14.9. The van der Waals surface area contributed by atoms with Crippen LogP contribution in [-0.4, -0.2) is 29.1 Å². The highest BCUT2D eigenvalue weighted by molar-refractivity contribution is 9.10. The van der Waals surface area contributed by atoms with Gasteiger partial charge in [0.05, 0.1) is 0 Å². The van der Waals surface area contributed by atoms with Gasteiger partial charge in [0, 0.05) is 32.9 Å². The smallest absolute Gasteiger partial charge is 0.211 e. The van der Waals surface area contributed by atoms with E-state index in [1.807, 2.05) is 24.3 Å². The van der Waals surface area contributed by atoms with Crippen molar-refractivity contribution in [3.05, 3.63) is 72.5 Å². The molecular weight excluding hydrogens is 508 g/mol. The van der Waals surface area contributed by atoms with Gasteiger partial charge < -0.3 is 10.0 Å². The first-order chi connectivity index (χ1) is 13.9. The third kappa shape index (κ3) is 5.57. The fraction of sp³-hybridized carbons (Fsp3) is 0.250. The standard InChI is InChI=1S/C9H6BrNO2.C9H7BrO.C2H5NO2/c10-7-3-1-2-5-6(7)4-8(11-13)9(5)12;10-8-3-1-2-7-6(8)4-5-9(7)11;1-2-5-3-4/h1-3,13H,4H2;1-3H,4-5H2;2H2,1H3/b11-8+;;. The van der Waals surface area contributed by atoms with Crippen LogP contribution in [0, 0.1) is 4.91 Å². The Labute approximate surface area is 184 Å². The van der Waals surface area contributed by atoms with E-state index in [0.717, 1.165) is 26.5 Å². The molecule has 0 radical (unpaired) electrons. The van der Waals surface area contributed by atoms with Crippen LogP contribution in [0.1, 0.15) is 45.2 Å². The minimum absolute atomic E-state index is 0.182. The molecule has 1 N–H and O–H groups in total. The van der Waals surface area contributed by atoms with Crippen LogP contribution in [0.3, 0.4) is 0 Å². The summed E-state index contributed by atoms with van der Waals surface area (Å²) in [5.41, 5.74) is 3.82. The molecule has 0 heterocycles. The molecule has 0 bridgehead atoms. The highest BCUT2D eigenvalue weighted by Crippen LogP contribution is 2.29. The molecule has 0 atom stereocenters. The van der Waals surface area contributed by atoms with E-state index in [4.69, 9.17) is 10.1 Å². The van der Waals surface area contributed by atoms with Crippen LogP contribution in [0.2, 0.25) is 0 Å². The first-order valence-corrected chi connectivity index (χ1v) is 10.3. The fourth-order valence-electron chi connectivity index (χ4n) is 2.93. The van der Waals surface area contributed by atoms with Crippen molar-refractivity contribution in [2.24, 2.45) is 10.5 Å². The number of nitrogens with zero attached hydrogens (tertiary/aromatic N) is 2. The van der Waals surface area contributed by atoms with Gasteiger partial charge in [0.25, 0.3) is 0 Å². The number of fused-ring (bicyclic) bond motifs is 2. The Morgan fingerprint density at radius 1 is 1.00 bits per heavy atom. The molecule has 0 amide bonds. The van der Waals surface area contributed by atoms with Gasteiger partial charge in [-0.15, -0.1) is 4.91 Å². The zero-order chi connectivity index (χ0) is 21.4. The van der Waals surface area contributed by atoms with Crippen LogP contribution in [0.25, 0.3) is 0 Å². The highest BCUT2D eigenvalue weighted by atomic mass is 79.9. The van der Waals surface area contributed by atoms with Gasteiger partial charge in [-0.05, 0) is 36.6 Å². The number of hydrogen-bond acceptors (Lipinski definition) is 7. The summed E-state index contributed by atoms with van der Waals surface area (Å²) in [6.07, 6.45) is 1.99. The van der Waals surface area contributed by atoms with Crippen molar-refractivity contribution in [3.8, 4) is 0 Å². The Morgan fingerprint density at radius 3 is 2.10 bits per heavy atom. The molecule has 0 unspecified atom stereocenters. The molecule has 0 saturated carbocycles. The molecule has 9 heteroatoms. The molecule has 29 heavy (non-hydrogen) atoms. The summed E-state index contributed by atoms with van der Waals surface area (Å²) in [5, 5.41) is 13.6. The second kappa shape index (κ2) is 11.0. The summed E-state index contributed by atoms with van der Waals surface area (Å²) in [6.45, 7) is 2.06. The molecule has 0 spiro atoms. The topological polar surface area (TPSA) is 105 Å².